The van der Waals surface area contributed by atoms with Gasteiger partial charge in [-0.15, -0.1) is 0 Å². The van der Waals surface area contributed by atoms with Crippen molar-refractivity contribution in [3.05, 3.63) is 59.7 Å². The molecule has 94 valence electrons. The van der Waals surface area contributed by atoms with Crippen molar-refractivity contribution in [2.75, 3.05) is 5.32 Å². The van der Waals surface area contributed by atoms with Gasteiger partial charge in [0.25, 0.3) is 0 Å². The molecule has 1 atom stereocenters. The monoisotopic (exact) mass is 246 g/mol. The molecule has 2 rings (SSSR count). The second-order valence-electron chi connectivity index (χ2n) is 4.12. The first kappa shape index (κ1) is 12.5. The van der Waals surface area contributed by atoms with Gasteiger partial charge in [0.1, 0.15) is 5.82 Å². The highest BCUT2D eigenvalue weighted by Crippen LogP contribution is 2.18. The lowest BCUT2D eigenvalue weighted by molar-refractivity contribution is 0.282. The fourth-order valence-electron chi connectivity index (χ4n) is 1.67. The van der Waals surface area contributed by atoms with Crippen molar-refractivity contribution in [3.8, 4) is 0 Å². The number of benzene rings is 1. The lowest BCUT2D eigenvalue weighted by Gasteiger charge is -2.14. The zero-order chi connectivity index (χ0) is 13.0. The smallest absolute Gasteiger partial charge is 0.141 e. The number of anilines is 1. The number of rotatable bonds is 4. The molecule has 18 heavy (non-hydrogen) atoms. The summed E-state index contributed by atoms with van der Waals surface area (Å²) in [5.74, 6) is -0.335. The van der Waals surface area contributed by atoms with Gasteiger partial charge in [0, 0.05) is 5.69 Å². The molecule has 0 radical (unpaired) electrons. The van der Waals surface area contributed by atoms with Crippen LogP contribution in [0.1, 0.15) is 24.2 Å². The topological polar surface area (TPSA) is 45.1 Å². The quantitative estimate of drug-likeness (QED) is 0.872. The Bertz CT molecular complexity index is 496. The molecule has 3 nitrogen and oxygen atoms in total. The van der Waals surface area contributed by atoms with E-state index in [2.05, 4.69) is 10.3 Å². The molecule has 0 fully saturated rings. The Hall–Kier alpha value is -1.94. The highest BCUT2D eigenvalue weighted by Gasteiger charge is 2.06. The molecular formula is C14H15FN2O. The van der Waals surface area contributed by atoms with Gasteiger partial charge in [0.05, 0.1) is 24.5 Å². The Morgan fingerprint density at radius 2 is 1.94 bits per heavy atom. The average molecular weight is 246 g/mol. The van der Waals surface area contributed by atoms with Crippen LogP contribution in [-0.4, -0.2) is 10.1 Å². The summed E-state index contributed by atoms with van der Waals surface area (Å²) < 4.78 is 12.8. The van der Waals surface area contributed by atoms with E-state index >= 15 is 0 Å². The molecule has 0 amide bonds. The van der Waals surface area contributed by atoms with Crippen molar-refractivity contribution in [1.82, 2.24) is 4.98 Å². The van der Waals surface area contributed by atoms with E-state index in [0.29, 0.717) is 0 Å². The van der Waals surface area contributed by atoms with Crippen molar-refractivity contribution < 1.29 is 9.50 Å². The predicted octanol–water partition coefficient (Wildman–Crippen LogP) is 2.89. The number of aliphatic hydroxyl groups excluding tert-OH is 1. The van der Waals surface area contributed by atoms with Gasteiger partial charge in [-0.2, -0.15) is 0 Å². The van der Waals surface area contributed by atoms with Gasteiger partial charge in [-0.05, 0) is 36.8 Å². The van der Waals surface area contributed by atoms with Crippen molar-refractivity contribution in [3.63, 3.8) is 0 Å². The van der Waals surface area contributed by atoms with Crippen LogP contribution in [0.15, 0.2) is 42.6 Å². The molecule has 1 aromatic heterocycles. The van der Waals surface area contributed by atoms with E-state index in [4.69, 9.17) is 5.11 Å². The Labute approximate surface area is 105 Å². The minimum absolute atomic E-state index is 0.00873. The highest BCUT2D eigenvalue weighted by atomic mass is 19.1. The van der Waals surface area contributed by atoms with Crippen LogP contribution in [0.25, 0.3) is 0 Å². The maximum Gasteiger partial charge on any atom is 0.141 e. The summed E-state index contributed by atoms with van der Waals surface area (Å²) in [7, 11) is 0. The van der Waals surface area contributed by atoms with Crippen molar-refractivity contribution in [2.45, 2.75) is 19.6 Å². The fourth-order valence-corrected chi connectivity index (χ4v) is 1.67. The summed E-state index contributed by atoms with van der Waals surface area (Å²) in [6.45, 7) is 2.00. The SMILES string of the molecule is CC(Nc1ccc(CO)cc1)c1ccc(F)cn1. The van der Waals surface area contributed by atoms with Gasteiger partial charge in [0.15, 0.2) is 0 Å². The van der Waals surface area contributed by atoms with E-state index < -0.39 is 0 Å². The summed E-state index contributed by atoms with van der Waals surface area (Å²) >= 11 is 0. The molecule has 0 bridgehead atoms. The van der Waals surface area contributed by atoms with E-state index in [9.17, 15) is 4.39 Å². The zero-order valence-electron chi connectivity index (χ0n) is 10.1. The minimum atomic E-state index is -0.335. The second kappa shape index (κ2) is 5.60. The van der Waals surface area contributed by atoms with Crippen molar-refractivity contribution in [1.29, 1.82) is 0 Å². The first-order valence-electron chi connectivity index (χ1n) is 5.77. The number of hydrogen-bond acceptors (Lipinski definition) is 3. The van der Waals surface area contributed by atoms with Crippen LogP contribution < -0.4 is 5.32 Å². The van der Waals surface area contributed by atoms with Gasteiger partial charge in [0.2, 0.25) is 0 Å². The fraction of sp³-hybridized carbons (Fsp3) is 0.214. The van der Waals surface area contributed by atoms with E-state index in [1.165, 1.54) is 12.3 Å². The molecule has 0 aliphatic carbocycles. The molecular weight excluding hydrogens is 231 g/mol. The lowest BCUT2D eigenvalue weighted by Crippen LogP contribution is -2.08. The number of halogens is 1. The Morgan fingerprint density at radius 1 is 1.22 bits per heavy atom. The summed E-state index contributed by atoms with van der Waals surface area (Å²) in [5.41, 5.74) is 2.58. The van der Waals surface area contributed by atoms with Crippen LogP contribution in [0.3, 0.4) is 0 Å². The van der Waals surface area contributed by atoms with Crippen molar-refractivity contribution >= 4 is 5.69 Å². The number of hydrogen-bond donors (Lipinski definition) is 2. The second-order valence-corrected chi connectivity index (χ2v) is 4.12. The number of nitrogens with zero attached hydrogens (tertiary/aromatic N) is 1. The van der Waals surface area contributed by atoms with Crippen LogP contribution in [0.5, 0.6) is 0 Å². The molecule has 0 saturated carbocycles. The Balaban J connectivity index is 2.05. The maximum absolute atomic E-state index is 12.8. The first-order valence-corrected chi connectivity index (χ1v) is 5.77. The number of pyridine rings is 1. The van der Waals surface area contributed by atoms with E-state index in [0.717, 1.165) is 16.9 Å². The van der Waals surface area contributed by atoms with Crippen LogP contribution in [0.4, 0.5) is 10.1 Å². The number of aromatic nitrogens is 1. The number of aliphatic hydroxyl groups is 1. The van der Waals surface area contributed by atoms with Crippen LogP contribution >= 0.6 is 0 Å². The van der Waals surface area contributed by atoms with Crippen molar-refractivity contribution in [2.24, 2.45) is 0 Å². The molecule has 1 aromatic carbocycles. The maximum atomic E-state index is 12.8. The minimum Gasteiger partial charge on any atom is -0.392 e. The summed E-state index contributed by atoms with van der Waals surface area (Å²) in [6.07, 6.45) is 1.21. The molecule has 4 heteroatoms. The molecule has 0 aliphatic rings. The standard InChI is InChI=1S/C14H15FN2O/c1-10(14-7-4-12(15)8-16-14)17-13-5-2-11(9-18)3-6-13/h2-8,10,17-18H,9H2,1H3. The summed E-state index contributed by atoms with van der Waals surface area (Å²) in [4.78, 5) is 4.03. The van der Waals surface area contributed by atoms with Gasteiger partial charge < -0.3 is 10.4 Å². The molecule has 2 N–H and O–H groups in total. The third kappa shape index (κ3) is 3.05. The Kier molecular flexibility index (Phi) is 3.89. The van der Waals surface area contributed by atoms with E-state index in [1.54, 1.807) is 6.07 Å². The molecule has 1 heterocycles. The van der Waals surface area contributed by atoms with Gasteiger partial charge >= 0.3 is 0 Å². The van der Waals surface area contributed by atoms with Gasteiger partial charge in [-0.3, -0.25) is 4.98 Å². The first-order chi connectivity index (χ1) is 8.69. The lowest BCUT2D eigenvalue weighted by atomic mass is 10.1. The third-order valence-corrected chi connectivity index (χ3v) is 2.71. The molecule has 0 spiro atoms. The van der Waals surface area contributed by atoms with Crippen LogP contribution in [0.2, 0.25) is 0 Å². The summed E-state index contributed by atoms with van der Waals surface area (Å²) in [6, 6.07) is 10.5. The molecule has 0 saturated heterocycles. The average Bonchev–Trinajstić information content (AvgIpc) is 2.40. The van der Waals surface area contributed by atoms with E-state index in [-0.39, 0.29) is 18.5 Å². The third-order valence-electron chi connectivity index (χ3n) is 2.71. The summed E-state index contributed by atoms with van der Waals surface area (Å²) in [5, 5.41) is 12.2. The largest absolute Gasteiger partial charge is 0.392 e. The highest BCUT2D eigenvalue weighted by molar-refractivity contribution is 5.46. The number of nitrogens with one attached hydrogen (secondary N) is 1. The Morgan fingerprint density at radius 3 is 2.50 bits per heavy atom. The molecule has 1 unspecified atom stereocenters. The molecule has 2 aromatic rings. The van der Waals surface area contributed by atoms with E-state index in [1.807, 2.05) is 31.2 Å². The zero-order valence-corrected chi connectivity index (χ0v) is 10.1. The van der Waals surface area contributed by atoms with Gasteiger partial charge in [-0.1, -0.05) is 12.1 Å². The molecule has 0 aliphatic heterocycles. The van der Waals surface area contributed by atoms with Crippen LogP contribution in [0, 0.1) is 5.82 Å². The van der Waals surface area contributed by atoms with Crippen LogP contribution in [-0.2, 0) is 6.61 Å². The van der Waals surface area contributed by atoms with Gasteiger partial charge in [-0.25, -0.2) is 4.39 Å². The normalized spacial score (nSPS) is 12.2. The predicted molar refractivity (Wildman–Crippen MR) is 68.6 cm³/mol.